The molecule has 0 bridgehead atoms. The monoisotopic (exact) mass is 398 g/mol. The van der Waals surface area contributed by atoms with Crippen LogP contribution >= 0.6 is 11.6 Å². The van der Waals surface area contributed by atoms with E-state index in [1.165, 1.54) is 12.0 Å². The van der Waals surface area contributed by atoms with Gasteiger partial charge in [-0.15, -0.1) is 0 Å². The van der Waals surface area contributed by atoms with Crippen LogP contribution < -0.4 is 10.1 Å². The third-order valence-electron chi connectivity index (χ3n) is 4.48. The predicted molar refractivity (Wildman–Crippen MR) is 111 cm³/mol. The standard InChI is InChI=1S/C22H23ClN2O3/c1-13(2)12-25-21(26)19(15-7-5-14(3)6-8-15)20(22(25)27)24-16-9-10-18(28-4)17(23)11-16/h5-11,13,24H,12H2,1-4H3. The maximum absolute atomic E-state index is 13.1. The van der Waals surface area contributed by atoms with Crippen molar-refractivity contribution in [3.05, 3.63) is 64.3 Å². The third kappa shape index (κ3) is 3.90. The first kappa shape index (κ1) is 20.0. The number of amides is 2. The molecule has 2 aromatic carbocycles. The number of halogens is 1. The smallest absolute Gasteiger partial charge is 0.278 e. The van der Waals surface area contributed by atoms with Crippen LogP contribution in [0, 0.1) is 12.8 Å². The number of carbonyl (C=O) groups is 2. The largest absolute Gasteiger partial charge is 0.495 e. The van der Waals surface area contributed by atoms with Crippen LogP contribution in [-0.2, 0) is 9.59 Å². The molecule has 1 heterocycles. The number of aryl methyl sites for hydroxylation is 1. The molecule has 3 rings (SSSR count). The van der Waals surface area contributed by atoms with Gasteiger partial charge in [-0.05, 0) is 36.6 Å². The van der Waals surface area contributed by atoms with E-state index >= 15 is 0 Å². The van der Waals surface area contributed by atoms with E-state index < -0.39 is 0 Å². The minimum Gasteiger partial charge on any atom is -0.495 e. The van der Waals surface area contributed by atoms with Crippen molar-refractivity contribution < 1.29 is 14.3 Å². The average molecular weight is 399 g/mol. The highest BCUT2D eigenvalue weighted by atomic mass is 35.5. The Balaban J connectivity index is 2.05. The number of hydrogen-bond acceptors (Lipinski definition) is 4. The molecular weight excluding hydrogens is 376 g/mol. The van der Waals surface area contributed by atoms with Crippen molar-refractivity contribution >= 4 is 34.7 Å². The van der Waals surface area contributed by atoms with Crippen LogP contribution in [0.4, 0.5) is 5.69 Å². The van der Waals surface area contributed by atoms with Crippen LogP contribution in [0.3, 0.4) is 0 Å². The number of nitrogens with zero attached hydrogens (tertiary/aromatic N) is 1. The lowest BCUT2D eigenvalue weighted by Gasteiger charge is -2.17. The second kappa shape index (κ2) is 8.07. The first-order valence-corrected chi connectivity index (χ1v) is 9.47. The number of imide groups is 1. The van der Waals surface area contributed by atoms with Crippen molar-refractivity contribution in [2.24, 2.45) is 5.92 Å². The first-order chi connectivity index (χ1) is 13.3. The minimum absolute atomic E-state index is 0.168. The first-order valence-electron chi connectivity index (χ1n) is 9.10. The van der Waals surface area contributed by atoms with Crippen molar-refractivity contribution in [2.45, 2.75) is 20.8 Å². The van der Waals surface area contributed by atoms with Crippen molar-refractivity contribution in [1.29, 1.82) is 0 Å². The number of benzene rings is 2. The van der Waals surface area contributed by atoms with E-state index in [0.29, 0.717) is 34.1 Å². The maximum Gasteiger partial charge on any atom is 0.278 e. The number of carbonyl (C=O) groups excluding carboxylic acids is 2. The zero-order valence-electron chi connectivity index (χ0n) is 16.4. The fourth-order valence-electron chi connectivity index (χ4n) is 3.10. The summed E-state index contributed by atoms with van der Waals surface area (Å²) in [5.74, 6) is 0.0861. The quantitative estimate of drug-likeness (QED) is 0.727. The number of methoxy groups -OCH3 is 1. The van der Waals surface area contributed by atoms with E-state index in [9.17, 15) is 9.59 Å². The van der Waals surface area contributed by atoms with Crippen LogP contribution in [0.15, 0.2) is 48.2 Å². The molecule has 0 radical (unpaired) electrons. The predicted octanol–water partition coefficient (Wildman–Crippen LogP) is 4.51. The van der Waals surface area contributed by atoms with Crippen molar-refractivity contribution in [2.75, 3.05) is 19.0 Å². The van der Waals surface area contributed by atoms with E-state index in [2.05, 4.69) is 5.32 Å². The van der Waals surface area contributed by atoms with E-state index in [-0.39, 0.29) is 23.4 Å². The maximum atomic E-state index is 13.1. The highest BCUT2D eigenvalue weighted by Crippen LogP contribution is 2.33. The van der Waals surface area contributed by atoms with Crippen LogP contribution in [0.2, 0.25) is 5.02 Å². The molecule has 0 aliphatic carbocycles. The van der Waals surface area contributed by atoms with Crippen molar-refractivity contribution in [3.63, 3.8) is 0 Å². The summed E-state index contributed by atoms with van der Waals surface area (Å²) >= 11 is 6.21. The molecule has 2 amide bonds. The summed E-state index contributed by atoms with van der Waals surface area (Å²) in [5.41, 5.74) is 3.03. The van der Waals surface area contributed by atoms with Crippen LogP contribution in [-0.4, -0.2) is 30.4 Å². The zero-order valence-corrected chi connectivity index (χ0v) is 17.1. The molecule has 0 aromatic heterocycles. The Labute approximate surface area is 169 Å². The van der Waals surface area contributed by atoms with Gasteiger partial charge in [0.15, 0.2) is 0 Å². The third-order valence-corrected chi connectivity index (χ3v) is 4.77. The molecular formula is C22H23ClN2O3. The number of ether oxygens (including phenoxy) is 1. The minimum atomic E-state index is -0.332. The Morgan fingerprint density at radius 1 is 1.07 bits per heavy atom. The fourth-order valence-corrected chi connectivity index (χ4v) is 3.36. The van der Waals surface area contributed by atoms with Gasteiger partial charge in [0.05, 0.1) is 17.7 Å². The lowest BCUT2D eigenvalue weighted by atomic mass is 10.0. The van der Waals surface area contributed by atoms with Crippen molar-refractivity contribution in [3.8, 4) is 5.75 Å². The zero-order chi connectivity index (χ0) is 20.4. The SMILES string of the molecule is COc1ccc(NC2=C(c3ccc(C)cc3)C(=O)N(CC(C)C)C2=O)cc1Cl. The van der Waals surface area contributed by atoms with Gasteiger partial charge in [-0.3, -0.25) is 14.5 Å². The summed E-state index contributed by atoms with van der Waals surface area (Å²) in [4.78, 5) is 27.4. The molecule has 28 heavy (non-hydrogen) atoms. The van der Waals surface area contributed by atoms with Crippen LogP contribution in [0.5, 0.6) is 5.75 Å². The van der Waals surface area contributed by atoms with Gasteiger partial charge in [0.25, 0.3) is 11.8 Å². The van der Waals surface area contributed by atoms with E-state index in [1.807, 2.05) is 45.0 Å². The molecule has 0 saturated heterocycles. The molecule has 0 saturated carbocycles. The molecule has 0 fully saturated rings. The molecule has 6 heteroatoms. The van der Waals surface area contributed by atoms with E-state index in [0.717, 1.165) is 5.56 Å². The summed E-state index contributed by atoms with van der Waals surface area (Å²) in [5, 5.41) is 3.52. The Hall–Kier alpha value is -2.79. The Bertz CT molecular complexity index is 949. The average Bonchev–Trinajstić information content (AvgIpc) is 2.87. The van der Waals surface area contributed by atoms with Gasteiger partial charge in [0.1, 0.15) is 11.4 Å². The molecule has 1 N–H and O–H groups in total. The molecule has 0 spiro atoms. The summed E-state index contributed by atoms with van der Waals surface area (Å²) in [7, 11) is 1.54. The molecule has 146 valence electrons. The highest BCUT2D eigenvalue weighted by Gasteiger charge is 2.39. The Kier molecular flexibility index (Phi) is 5.75. The number of hydrogen-bond donors (Lipinski definition) is 1. The van der Waals surface area contributed by atoms with E-state index in [1.54, 1.807) is 18.2 Å². The van der Waals surface area contributed by atoms with Crippen LogP contribution in [0.25, 0.3) is 5.57 Å². The molecule has 2 aromatic rings. The normalized spacial score (nSPS) is 14.3. The number of rotatable bonds is 6. The van der Waals surface area contributed by atoms with Crippen LogP contribution in [0.1, 0.15) is 25.0 Å². The van der Waals surface area contributed by atoms with Gasteiger partial charge in [0, 0.05) is 12.2 Å². The lowest BCUT2D eigenvalue weighted by Crippen LogP contribution is -2.35. The van der Waals surface area contributed by atoms with Gasteiger partial charge >= 0.3 is 0 Å². The van der Waals surface area contributed by atoms with E-state index in [4.69, 9.17) is 16.3 Å². The van der Waals surface area contributed by atoms with Gasteiger partial charge in [-0.2, -0.15) is 0 Å². The lowest BCUT2D eigenvalue weighted by molar-refractivity contribution is -0.137. The number of nitrogens with one attached hydrogen (secondary N) is 1. The fraction of sp³-hybridized carbons (Fsp3) is 0.273. The summed E-state index contributed by atoms with van der Waals surface area (Å²) in [6.45, 7) is 6.28. The van der Waals surface area contributed by atoms with Crippen molar-refractivity contribution in [1.82, 2.24) is 4.90 Å². The molecule has 5 nitrogen and oxygen atoms in total. The molecule has 1 aliphatic heterocycles. The highest BCUT2D eigenvalue weighted by molar-refractivity contribution is 6.36. The van der Waals surface area contributed by atoms with Gasteiger partial charge < -0.3 is 10.1 Å². The summed E-state index contributed by atoms with van der Waals surface area (Å²) in [6.07, 6.45) is 0. The number of anilines is 1. The molecule has 0 atom stereocenters. The molecule has 0 unspecified atom stereocenters. The summed E-state index contributed by atoms with van der Waals surface area (Å²) in [6, 6.07) is 12.7. The molecule has 1 aliphatic rings. The second-order valence-corrected chi connectivity index (χ2v) is 7.61. The second-order valence-electron chi connectivity index (χ2n) is 7.21. The van der Waals surface area contributed by atoms with Gasteiger partial charge in [-0.25, -0.2) is 0 Å². The van der Waals surface area contributed by atoms with Gasteiger partial charge in [0.2, 0.25) is 0 Å². The van der Waals surface area contributed by atoms with Gasteiger partial charge in [-0.1, -0.05) is 55.3 Å². The topological polar surface area (TPSA) is 58.6 Å². The Morgan fingerprint density at radius 2 is 1.75 bits per heavy atom. The summed E-state index contributed by atoms with van der Waals surface area (Å²) < 4.78 is 5.17. The Morgan fingerprint density at radius 3 is 2.32 bits per heavy atom.